The Hall–Kier alpha value is -2.06. The third kappa shape index (κ3) is 3.88. The van der Waals surface area contributed by atoms with E-state index in [2.05, 4.69) is 4.74 Å². The number of hydrogen-bond donors (Lipinski definition) is 1. The number of hydrogen-bond acceptors (Lipinski definition) is 4. The molecule has 24 heavy (non-hydrogen) atoms. The first-order chi connectivity index (χ1) is 11.3. The van der Waals surface area contributed by atoms with Crippen LogP contribution in [0.25, 0.3) is 10.4 Å². The highest BCUT2D eigenvalue weighted by molar-refractivity contribution is 7.17. The topological polar surface area (TPSA) is 55.6 Å². The van der Waals surface area contributed by atoms with Crippen LogP contribution in [-0.4, -0.2) is 36.3 Å². The van der Waals surface area contributed by atoms with Crippen molar-refractivity contribution in [3.63, 3.8) is 0 Å². The van der Waals surface area contributed by atoms with Crippen LogP contribution < -0.4 is 10.5 Å². The summed E-state index contributed by atoms with van der Waals surface area (Å²) in [6, 6.07) is 9.11. The van der Waals surface area contributed by atoms with E-state index in [-0.39, 0.29) is 17.7 Å². The third-order valence-corrected chi connectivity index (χ3v) is 4.82. The number of halogens is 3. The summed E-state index contributed by atoms with van der Waals surface area (Å²) in [7, 11) is 0. The zero-order chi connectivity index (χ0) is 17.3. The lowest BCUT2D eigenvalue weighted by molar-refractivity contribution is -0.274. The van der Waals surface area contributed by atoms with Gasteiger partial charge in [-0.25, -0.2) is 0 Å². The lowest BCUT2D eigenvalue weighted by Crippen LogP contribution is -2.31. The van der Waals surface area contributed by atoms with Gasteiger partial charge in [-0.15, -0.1) is 24.5 Å². The summed E-state index contributed by atoms with van der Waals surface area (Å²) in [5, 5.41) is 0. The Kier molecular flexibility index (Phi) is 4.51. The van der Waals surface area contributed by atoms with Gasteiger partial charge in [0.2, 0.25) is 0 Å². The Labute approximate surface area is 140 Å². The fourth-order valence-electron chi connectivity index (χ4n) is 2.56. The van der Waals surface area contributed by atoms with Gasteiger partial charge in [0, 0.05) is 24.0 Å². The highest BCUT2D eigenvalue weighted by Gasteiger charge is 2.31. The largest absolute Gasteiger partial charge is 0.573 e. The normalized spacial score (nSPS) is 18.0. The van der Waals surface area contributed by atoms with Crippen molar-refractivity contribution < 1.29 is 22.7 Å². The number of amides is 1. The summed E-state index contributed by atoms with van der Waals surface area (Å²) in [5.74, 6) is -0.332. The number of nitrogens with zero attached hydrogens (tertiary/aromatic N) is 1. The lowest BCUT2D eigenvalue weighted by atomic mass is 10.2. The number of nitrogens with two attached hydrogens (primary N) is 1. The first-order valence-corrected chi connectivity index (χ1v) is 8.14. The zero-order valence-corrected chi connectivity index (χ0v) is 13.4. The van der Waals surface area contributed by atoms with E-state index in [1.165, 1.54) is 35.6 Å². The van der Waals surface area contributed by atoms with Crippen molar-refractivity contribution in [2.45, 2.75) is 18.8 Å². The van der Waals surface area contributed by atoms with Crippen molar-refractivity contribution in [1.29, 1.82) is 0 Å². The van der Waals surface area contributed by atoms with Gasteiger partial charge in [0.1, 0.15) is 5.75 Å². The predicted octanol–water partition coefficient (Wildman–Crippen LogP) is 3.49. The number of thiophene rings is 1. The molecule has 0 radical (unpaired) electrons. The van der Waals surface area contributed by atoms with Crippen molar-refractivity contribution in [3.8, 4) is 16.2 Å². The number of rotatable bonds is 3. The number of carbonyl (C=O) groups is 1. The number of likely N-dealkylation sites (tertiary alicyclic amines) is 1. The molecule has 2 heterocycles. The molecule has 1 atom stereocenters. The molecule has 0 saturated carbocycles. The van der Waals surface area contributed by atoms with Gasteiger partial charge in [-0.2, -0.15) is 0 Å². The van der Waals surface area contributed by atoms with Crippen molar-refractivity contribution in [3.05, 3.63) is 41.3 Å². The SMILES string of the molecule is N[C@@H]1CCN(C(=O)c2ccc(-c3ccc(OC(F)(F)F)cc3)s2)C1. The number of benzene rings is 1. The van der Waals surface area contributed by atoms with Crippen LogP contribution in [0.15, 0.2) is 36.4 Å². The molecule has 1 aromatic heterocycles. The van der Waals surface area contributed by atoms with E-state index >= 15 is 0 Å². The molecule has 0 unspecified atom stereocenters. The van der Waals surface area contributed by atoms with Crippen molar-refractivity contribution in [1.82, 2.24) is 4.90 Å². The van der Waals surface area contributed by atoms with E-state index in [1.807, 2.05) is 0 Å². The number of alkyl halides is 3. The van der Waals surface area contributed by atoms with E-state index in [0.29, 0.717) is 18.0 Å². The molecule has 0 bridgehead atoms. The smallest absolute Gasteiger partial charge is 0.406 e. The maximum Gasteiger partial charge on any atom is 0.573 e. The highest BCUT2D eigenvalue weighted by Crippen LogP contribution is 2.31. The van der Waals surface area contributed by atoms with E-state index in [0.717, 1.165) is 16.9 Å². The summed E-state index contributed by atoms with van der Waals surface area (Å²) in [5.41, 5.74) is 6.54. The van der Waals surface area contributed by atoms with Gasteiger partial charge in [0.15, 0.2) is 0 Å². The molecule has 1 aliphatic heterocycles. The predicted molar refractivity (Wildman–Crippen MR) is 84.9 cm³/mol. The second-order valence-electron chi connectivity index (χ2n) is 5.54. The molecule has 2 aromatic rings. The second kappa shape index (κ2) is 6.45. The Bertz CT molecular complexity index is 728. The molecule has 1 saturated heterocycles. The van der Waals surface area contributed by atoms with Crippen molar-refractivity contribution in [2.24, 2.45) is 5.73 Å². The first kappa shape index (κ1) is 16.8. The van der Waals surface area contributed by atoms with Crippen LogP contribution >= 0.6 is 11.3 Å². The van der Waals surface area contributed by atoms with Crippen molar-refractivity contribution >= 4 is 17.2 Å². The maximum atomic E-state index is 12.4. The monoisotopic (exact) mass is 356 g/mol. The molecular weight excluding hydrogens is 341 g/mol. The summed E-state index contributed by atoms with van der Waals surface area (Å²) < 4.78 is 40.3. The number of carbonyl (C=O) groups excluding carboxylic acids is 1. The molecule has 0 aliphatic carbocycles. The summed E-state index contributed by atoms with van der Waals surface area (Å²) in [6.07, 6.45) is -3.91. The molecule has 2 N–H and O–H groups in total. The summed E-state index contributed by atoms with van der Waals surface area (Å²) in [6.45, 7) is 1.20. The van der Waals surface area contributed by atoms with Crippen LogP contribution in [0.4, 0.5) is 13.2 Å². The van der Waals surface area contributed by atoms with Gasteiger partial charge in [-0.05, 0) is 48.4 Å². The fraction of sp³-hybridized carbons (Fsp3) is 0.312. The first-order valence-electron chi connectivity index (χ1n) is 7.33. The molecule has 0 spiro atoms. The Morgan fingerprint density at radius 2 is 1.92 bits per heavy atom. The quantitative estimate of drug-likeness (QED) is 0.916. The van der Waals surface area contributed by atoms with E-state index in [9.17, 15) is 18.0 Å². The van der Waals surface area contributed by atoms with Gasteiger partial charge in [0.25, 0.3) is 5.91 Å². The minimum absolute atomic E-state index is 0.0227. The van der Waals surface area contributed by atoms with Crippen LogP contribution in [-0.2, 0) is 0 Å². The molecule has 1 aliphatic rings. The second-order valence-corrected chi connectivity index (χ2v) is 6.62. The Morgan fingerprint density at radius 3 is 2.50 bits per heavy atom. The molecule has 128 valence electrons. The fourth-order valence-corrected chi connectivity index (χ4v) is 3.54. The summed E-state index contributed by atoms with van der Waals surface area (Å²) >= 11 is 1.31. The lowest BCUT2D eigenvalue weighted by Gasteiger charge is -2.14. The average molecular weight is 356 g/mol. The van der Waals surface area contributed by atoms with Crippen molar-refractivity contribution in [2.75, 3.05) is 13.1 Å². The van der Waals surface area contributed by atoms with Gasteiger partial charge >= 0.3 is 6.36 Å². The maximum absolute atomic E-state index is 12.4. The molecule has 3 rings (SSSR count). The molecule has 1 amide bonds. The van der Waals surface area contributed by atoms with Crippen LogP contribution in [0.1, 0.15) is 16.1 Å². The minimum atomic E-state index is -4.71. The van der Waals surface area contributed by atoms with E-state index in [1.54, 1.807) is 17.0 Å². The van der Waals surface area contributed by atoms with Crippen LogP contribution in [0.2, 0.25) is 0 Å². The standard InChI is InChI=1S/C16H15F3N2O2S/c17-16(18,19)23-12-3-1-10(2-4-12)13-5-6-14(24-13)15(22)21-8-7-11(20)9-21/h1-6,11H,7-9,20H2/t11-/m1/s1. The molecule has 4 nitrogen and oxygen atoms in total. The van der Waals surface area contributed by atoms with Gasteiger partial charge < -0.3 is 15.4 Å². The van der Waals surface area contributed by atoms with E-state index < -0.39 is 6.36 Å². The van der Waals surface area contributed by atoms with Crippen LogP contribution in [0.5, 0.6) is 5.75 Å². The summed E-state index contributed by atoms with van der Waals surface area (Å²) in [4.78, 5) is 15.5. The van der Waals surface area contributed by atoms with Crippen LogP contribution in [0, 0.1) is 0 Å². The zero-order valence-electron chi connectivity index (χ0n) is 12.5. The Morgan fingerprint density at radius 1 is 1.21 bits per heavy atom. The Balaban J connectivity index is 1.72. The van der Waals surface area contributed by atoms with Crippen LogP contribution in [0.3, 0.4) is 0 Å². The minimum Gasteiger partial charge on any atom is -0.406 e. The van der Waals surface area contributed by atoms with Gasteiger partial charge in [0.05, 0.1) is 4.88 Å². The molecule has 1 fully saturated rings. The van der Waals surface area contributed by atoms with E-state index in [4.69, 9.17) is 5.73 Å². The third-order valence-electron chi connectivity index (χ3n) is 3.70. The van der Waals surface area contributed by atoms with Gasteiger partial charge in [-0.3, -0.25) is 4.79 Å². The molecule has 8 heteroatoms. The average Bonchev–Trinajstić information content (AvgIpc) is 3.15. The molecular formula is C16H15F3N2O2S. The highest BCUT2D eigenvalue weighted by atomic mass is 32.1. The molecule has 1 aromatic carbocycles. The van der Waals surface area contributed by atoms with Gasteiger partial charge in [-0.1, -0.05) is 0 Å². The number of ether oxygens (including phenoxy) is 1.